The molecule has 3 rings (SSSR count). The summed E-state index contributed by atoms with van der Waals surface area (Å²) in [5.41, 5.74) is 9.86. The van der Waals surface area contributed by atoms with Gasteiger partial charge in [-0.25, -0.2) is 4.98 Å². The highest BCUT2D eigenvalue weighted by molar-refractivity contribution is 7.98. The van der Waals surface area contributed by atoms with Gasteiger partial charge in [0.05, 0.1) is 12.3 Å². The van der Waals surface area contributed by atoms with Crippen LogP contribution in [0.5, 0.6) is 5.75 Å². The second kappa shape index (κ2) is 7.94. The second-order valence-electron chi connectivity index (χ2n) is 5.61. The van der Waals surface area contributed by atoms with Crippen LogP contribution in [0.1, 0.15) is 12.5 Å². The van der Waals surface area contributed by atoms with Crippen molar-refractivity contribution in [2.24, 2.45) is 0 Å². The summed E-state index contributed by atoms with van der Waals surface area (Å²) < 4.78 is 5.48. The quantitative estimate of drug-likeness (QED) is 0.648. The number of anilines is 1. The second-order valence-corrected chi connectivity index (χ2v) is 6.49. The molecular formula is C21H19N3OS. The molecule has 0 atom stereocenters. The Morgan fingerprint density at radius 2 is 1.73 bits per heavy atom. The van der Waals surface area contributed by atoms with E-state index in [-0.39, 0.29) is 5.82 Å². The van der Waals surface area contributed by atoms with Crippen molar-refractivity contribution in [3.05, 3.63) is 60.2 Å². The molecule has 0 amide bonds. The first-order chi connectivity index (χ1) is 12.7. The number of aromatic nitrogens is 1. The number of ether oxygens (including phenoxy) is 1. The van der Waals surface area contributed by atoms with Crippen LogP contribution in [0.4, 0.5) is 5.82 Å². The Kier molecular flexibility index (Phi) is 5.45. The molecule has 0 saturated carbocycles. The molecular weight excluding hydrogens is 342 g/mol. The first-order valence-electron chi connectivity index (χ1n) is 8.24. The van der Waals surface area contributed by atoms with Crippen LogP contribution in [0, 0.1) is 11.3 Å². The Hall–Kier alpha value is -2.97. The van der Waals surface area contributed by atoms with Crippen molar-refractivity contribution in [1.29, 1.82) is 5.26 Å². The molecule has 0 aliphatic heterocycles. The zero-order chi connectivity index (χ0) is 18.5. The average Bonchev–Trinajstić information content (AvgIpc) is 2.68. The van der Waals surface area contributed by atoms with Crippen molar-refractivity contribution in [1.82, 2.24) is 4.98 Å². The van der Waals surface area contributed by atoms with Crippen LogP contribution >= 0.6 is 11.8 Å². The van der Waals surface area contributed by atoms with Gasteiger partial charge in [-0.1, -0.05) is 12.1 Å². The number of hydrogen-bond acceptors (Lipinski definition) is 5. The van der Waals surface area contributed by atoms with Crippen molar-refractivity contribution in [2.45, 2.75) is 11.8 Å². The largest absolute Gasteiger partial charge is 0.494 e. The minimum atomic E-state index is 0.239. The predicted octanol–water partition coefficient (Wildman–Crippen LogP) is 4.99. The summed E-state index contributed by atoms with van der Waals surface area (Å²) in [6.07, 6.45) is 2.03. The number of nitrogens with two attached hydrogens (primary N) is 1. The Balaban J connectivity index is 2.08. The first kappa shape index (κ1) is 17.8. The van der Waals surface area contributed by atoms with E-state index in [1.807, 2.05) is 67.8 Å². The van der Waals surface area contributed by atoms with Crippen molar-refractivity contribution in [2.75, 3.05) is 18.6 Å². The molecule has 26 heavy (non-hydrogen) atoms. The van der Waals surface area contributed by atoms with Crippen molar-refractivity contribution >= 4 is 17.6 Å². The molecule has 2 aromatic carbocycles. The highest BCUT2D eigenvalue weighted by atomic mass is 32.2. The smallest absolute Gasteiger partial charge is 0.142 e. The van der Waals surface area contributed by atoms with Crippen molar-refractivity contribution in [3.63, 3.8) is 0 Å². The minimum absolute atomic E-state index is 0.239. The van der Waals surface area contributed by atoms with Gasteiger partial charge < -0.3 is 10.5 Å². The third-order valence-corrected chi connectivity index (χ3v) is 4.76. The number of nitriles is 1. The molecule has 0 aliphatic carbocycles. The predicted molar refractivity (Wildman–Crippen MR) is 107 cm³/mol. The Bertz CT molecular complexity index is 945. The number of hydrogen-bond donors (Lipinski definition) is 1. The fourth-order valence-electron chi connectivity index (χ4n) is 2.72. The lowest BCUT2D eigenvalue weighted by Crippen LogP contribution is -2.00. The molecule has 0 unspecified atom stereocenters. The molecule has 1 heterocycles. The van der Waals surface area contributed by atoms with Gasteiger partial charge in [0.2, 0.25) is 0 Å². The average molecular weight is 361 g/mol. The molecule has 0 saturated heterocycles. The van der Waals surface area contributed by atoms with Gasteiger partial charge >= 0.3 is 0 Å². The minimum Gasteiger partial charge on any atom is -0.494 e. The summed E-state index contributed by atoms with van der Waals surface area (Å²) in [6.45, 7) is 2.57. The van der Waals surface area contributed by atoms with E-state index >= 15 is 0 Å². The zero-order valence-electron chi connectivity index (χ0n) is 14.7. The first-order valence-corrected chi connectivity index (χ1v) is 9.47. The summed E-state index contributed by atoms with van der Waals surface area (Å²) in [4.78, 5) is 5.59. The van der Waals surface area contributed by atoms with E-state index < -0.39 is 0 Å². The zero-order valence-corrected chi connectivity index (χ0v) is 15.5. The van der Waals surface area contributed by atoms with Crippen LogP contribution in [-0.4, -0.2) is 17.8 Å². The monoisotopic (exact) mass is 361 g/mol. The number of benzene rings is 2. The van der Waals surface area contributed by atoms with Crippen LogP contribution in [-0.2, 0) is 0 Å². The number of pyridine rings is 1. The van der Waals surface area contributed by atoms with E-state index in [0.29, 0.717) is 12.2 Å². The Morgan fingerprint density at radius 1 is 1.08 bits per heavy atom. The topological polar surface area (TPSA) is 71.9 Å². The van der Waals surface area contributed by atoms with E-state index in [1.165, 1.54) is 4.90 Å². The van der Waals surface area contributed by atoms with Crippen molar-refractivity contribution < 1.29 is 4.74 Å². The Morgan fingerprint density at radius 3 is 2.31 bits per heavy atom. The summed E-state index contributed by atoms with van der Waals surface area (Å²) in [6, 6.07) is 19.9. The molecule has 0 bridgehead atoms. The molecule has 2 N–H and O–H groups in total. The van der Waals surface area contributed by atoms with Gasteiger partial charge in [-0.05, 0) is 61.2 Å². The highest BCUT2D eigenvalue weighted by Crippen LogP contribution is 2.32. The molecule has 0 radical (unpaired) electrons. The fraction of sp³-hybridized carbons (Fsp3) is 0.143. The van der Waals surface area contributed by atoms with Crippen LogP contribution in [0.2, 0.25) is 0 Å². The van der Waals surface area contributed by atoms with Crippen LogP contribution in [0.25, 0.3) is 22.4 Å². The summed E-state index contributed by atoms with van der Waals surface area (Å²) in [5, 5.41) is 9.53. The lowest BCUT2D eigenvalue weighted by atomic mass is 9.98. The SMILES string of the molecule is CCOc1ccc(-c2cc(-c3ccc(SC)cc3)c(C#N)c(N)n2)cc1. The fourth-order valence-corrected chi connectivity index (χ4v) is 3.13. The number of thioether (sulfide) groups is 1. The summed E-state index contributed by atoms with van der Waals surface area (Å²) >= 11 is 1.68. The van der Waals surface area contributed by atoms with E-state index in [0.717, 1.165) is 28.1 Å². The van der Waals surface area contributed by atoms with Gasteiger partial charge in [0.15, 0.2) is 0 Å². The van der Waals surface area contributed by atoms with Crippen molar-refractivity contribution in [3.8, 4) is 34.2 Å². The molecule has 4 nitrogen and oxygen atoms in total. The molecule has 5 heteroatoms. The third kappa shape index (κ3) is 3.66. The molecule has 0 aliphatic rings. The molecule has 0 fully saturated rings. The normalized spacial score (nSPS) is 10.3. The number of nitrogens with zero attached hydrogens (tertiary/aromatic N) is 2. The lowest BCUT2D eigenvalue weighted by molar-refractivity contribution is 0.340. The maximum absolute atomic E-state index is 9.53. The van der Waals surface area contributed by atoms with Gasteiger partial charge in [0.25, 0.3) is 0 Å². The molecule has 0 spiro atoms. The van der Waals surface area contributed by atoms with Crippen LogP contribution in [0.15, 0.2) is 59.5 Å². The van der Waals surface area contributed by atoms with E-state index in [2.05, 4.69) is 11.1 Å². The number of nitrogen functional groups attached to an aromatic ring is 1. The Labute approximate surface area is 157 Å². The lowest BCUT2D eigenvalue weighted by Gasteiger charge is -2.11. The van der Waals surface area contributed by atoms with Crippen LogP contribution < -0.4 is 10.5 Å². The van der Waals surface area contributed by atoms with E-state index in [4.69, 9.17) is 10.5 Å². The van der Waals surface area contributed by atoms with Gasteiger partial charge in [-0.15, -0.1) is 11.8 Å². The standard InChI is InChI=1S/C21H19N3OS/c1-3-25-16-8-4-15(5-9-16)20-12-18(19(13-22)21(23)24-20)14-6-10-17(26-2)11-7-14/h4-12H,3H2,1-2H3,(H2,23,24). The van der Waals surface area contributed by atoms with Gasteiger partial charge in [-0.3, -0.25) is 0 Å². The highest BCUT2D eigenvalue weighted by Gasteiger charge is 2.13. The number of rotatable bonds is 5. The molecule has 1 aromatic heterocycles. The van der Waals surface area contributed by atoms with E-state index in [1.54, 1.807) is 11.8 Å². The third-order valence-electron chi connectivity index (χ3n) is 4.02. The van der Waals surface area contributed by atoms with Gasteiger partial charge in [0.1, 0.15) is 23.2 Å². The van der Waals surface area contributed by atoms with E-state index in [9.17, 15) is 5.26 Å². The molecule has 3 aromatic rings. The van der Waals surface area contributed by atoms with Crippen LogP contribution in [0.3, 0.4) is 0 Å². The maximum atomic E-state index is 9.53. The summed E-state index contributed by atoms with van der Waals surface area (Å²) in [7, 11) is 0. The summed E-state index contributed by atoms with van der Waals surface area (Å²) in [5.74, 6) is 1.05. The maximum Gasteiger partial charge on any atom is 0.142 e. The van der Waals surface area contributed by atoms with Gasteiger partial charge in [0, 0.05) is 16.0 Å². The molecule has 130 valence electrons. The van der Waals surface area contributed by atoms with Gasteiger partial charge in [-0.2, -0.15) is 5.26 Å².